The van der Waals surface area contributed by atoms with Gasteiger partial charge in [0, 0.05) is 12.1 Å². The van der Waals surface area contributed by atoms with Crippen LogP contribution in [0, 0.1) is 11.2 Å². The van der Waals surface area contributed by atoms with Crippen LogP contribution >= 0.6 is 0 Å². The molecule has 0 bridgehead atoms. The first kappa shape index (κ1) is 13.4. The number of nitrogens with two attached hydrogens (primary N) is 1. The molecule has 0 aliphatic heterocycles. The molecule has 1 aromatic rings. The molecule has 94 valence electrons. The average molecular weight is 241 g/mol. The molecule has 5 heteroatoms. The maximum atomic E-state index is 12.9. The summed E-state index contributed by atoms with van der Waals surface area (Å²) in [6.07, 6.45) is 0. The summed E-state index contributed by atoms with van der Waals surface area (Å²) in [7, 11) is 0. The van der Waals surface area contributed by atoms with Gasteiger partial charge in [0.1, 0.15) is 18.2 Å². The van der Waals surface area contributed by atoms with Crippen molar-refractivity contribution in [1.82, 2.24) is 0 Å². The van der Waals surface area contributed by atoms with Gasteiger partial charge >= 0.3 is 5.97 Å². The number of aliphatic carboxylic acids is 1. The fraction of sp³-hybridized carbons (Fsp3) is 0.417. The van der Waals surface area contributed by atoms with E-state index < -0.39 is 17.2 Å². The molecule has 0 unspecified atom stereocenters. The SMILES string of the molecule is CC(C)(COc1ccc(F)cc1CN)C(=O)O. The van der Waals surface area contributed by atoms with E-state index in [0.717, 1.165) is 0 Å². The topological polar surface area (TPSA) is 72.5 Å². The molecule has 0 aliphatic carbocycles. The second kappa shape index (κ2) is 5.14. The summed E-state index contributed by atoms with van der Waals surface area (Å²) < 4.78 is 18.3. The first-order valence-electron chi connectivity index (χ1n) is 5.21. The number of carboxylic acid groups (broad SMARTS) is 1. The van der Waals surface area contributed by atoms with Gasteiger partial charge < -0.3 is 15.6 Å². The van der Waals surface area contributed by atoms with Crippen LogP contribution in [0.1, 0.15) is 19.4 Å². The summed E-state index contributed by atoms with van der Waals surface area (Å²) in [5.74, 6) is -0.924. The Kier molecular flexibility index (Phi) is 4.07. The maximum Gasteiger partial charge on any atom is 0.312 e. The lowest BCUT2D eigenvalue weighted by Crippen LogP contribution is -2.30. The fourth-order valence-electron chi connectivity index (χ4n) is 1.17. The lowest BCUT2D eigenvalue weighted by atomic mass is 9.95. The predicted molar refractivity (Wildman–Crippen MR) is 61.2 cm³/mol. The van der Waals surface area contributed by atoms with Crippen molar-refractivity contribution in [3.05, 3.63) is 29.6 Å². The van der Waals surface area contributed by atoms with Gasteiger partial charge in [-0.1, -0.05) is 0 Å². The largest absolute Gasteiger partial charge is 0.492 e. The van der Waals surface area contributed by atoms with Gasteiger partial charge in [-0.05, 0) is 32.0 Å². The van der Waals surface area contributed by atoms with Gasteiger partial charge in [-0.3, -0.25) is 4.79 Å². The number of ether oxygens (including phenoxy) is 1. The van der Waals surface area contributed by atoms with Crippen molar-refractivity contribution >= 4 is 5.97 Å². The van der Waals surface area contributed by atoms with Crippen LogP contribution in [-0.4, -0.2) is 17.7 Å². The quantitative estimate of drug-likeness (QED) is 0.824. The van der Waals surface area contributed by atoms with E-state index in [1.54, 1.807) is 13.8 Å². The van der Waals surface area contributed by atoms with Crippen molar-refractivity contribution in [3.63, 3.8) is 0 Å². The molecule has 0 radical (unpaired) electrons. The summed E-state index contributed by atoms with van der Waals surface area (Å²) in [5.41, 5.74) is 4.98. The molecule has 0 fully saturated rings. The number of carboxylic acids is 1. The van der Waals surface area contributed by atoms with Crippen molar-refractivity contribution < 1.29 is 19.0 Å². The smallest absolute Gasteiger partial charge is 0.312 e. The Labute approximate surface area is 99.2 Å². The van der Waals surface area contributed by atoms with Crippen molar-refractivity contribution in [2.75, 3.05) is 6.61 Å². The highest BCUT2D eigenvalue weighted by atomic mass is 19.1. The number of carbonyl (C=O) groups is 1. The molecular weight excluding hydrogens is 225 g/mol. The van der Waals surface area contributed by atoms with E-state index in [9.17, 15) is 9.18 Å². The van der Waals surface area contributed by atoms with E-state index in [0.29, 0.717) is 11.3 Å². The van der Waals surface area contributed by atoms with Crippen LogP contribution < -0.4 is 10.5 Å². The number of rotatable bonds is 5. The van der Waals surface area contributed by atoms with Crippen molar-refractivity contribution in [2.24, 2.45) is 11.1 Å². The third-order valence-electron chi connectivity index (χ3n) is 2.41. The second-order valence-electron chi connectivity index (χ2n) is 4.43. The highest BCUT2D eigenvalue weighted by molar-refractivity contribution is 5.73. The van der Waals surface area contributed by atoms with Crippen LogP contribution in [0.3, 0.4) is 0 Å². The van der Waals surface area contributed by atoms with Gasteiger partial charge in [0.05, 0.1) is 5.41 Å². The zero-order valence-electron chi connectivity index (χ0n) is 9.87. The minimum atomic E-state index is -1.000. The molecule has 0 amide bonds. The summed E-state index contributed by atoms with van der Waals surface area (Å²) in [5, 5.41) is 8.93. The van der Waals surface area contributed by atoms with Crippen LogP contribution in [0.4, 0.5) is 4.39 Å². The second-order valence-corrected chi connectivity index (χ2v) is 4.43. The van der Waals surface area contributed by atoms with Crippen LogP contribution in [-0.2, 0) is 11.3 Å². The molecule has 0 aliphatic rings. The van der Waals surface area contributed by atoms with Crippen LogP contribution in [0.2, 0.25) is 0 Å². The van der Waals surface area contributed by atoms with E-state index in [4.69, 9.17) is 15.6 Å². The summed E-state index contributed by atoms with van der Waals surface area (Å²) in [6.45, 7) is 3.25. The van der Waals surface area contributed by atoms with Crippen molar-refractivity contribution in [3.8, 4) is 5.75 Å². The van der Waals surface area contributed by atoms with Crippen LogP contribution in [0.15, 0.2) is 18.2 Å². The first-order chi connectivity index (χ1) is 7.86. The normalized spacial score (nSPS) is 11.3. The molecule has 0 atom stereocenters. The lowest BCUT2D eigenvalue weighted by molar-refractivity contribution is -0.148. The highest BCUT2D eigenvalue weighted by Crippen LogP contribution is 2.23. The number of hydrogen-bond acceptors (Lipinski definition) is 3. The monoisotopic (exact) mass is 241 g/mol. The lowest BCUT2D eigenvalue weighted by Gasteiger charge is -2.20. The van der Waals surface area contributed by atoms with Gasteiger partial charge in [0.25, 0.3) is 0 Å². The molecule has 17 heavy (non-hydrogen) atoms. The zero-order chi connectivity index (χ0) is 13.1. The van der Waals surface area contributed by atoms with E-state index in [-0.39, 0.29) is 13.2 Å². The Morgan fingerprint density at radius 3 is 2.71 bits per heavy atom. The van der Waals surface area contributed by atoms with Crippen molar-refractivity contribution in [1.29, 1.82) is 0 Å². The van der Waals surface area contributed by atoms with Crippen molar-refractivity contribution in [2.45, 2.75) is 20.4 Å². The Hall–Kier alpha value is -1.62. The highest BCUT2D eigenvalue weighted by Gasteiger charge is 2.28. The third kappa shape index (κ3) is 3.42. The molecule has 0 aromatic heterocycles. The maximum absolute atomic E-state index is 12.9. The van der Waals surface area contributed by atoms with Gasteiger partial charge in [0.15, 0.2) is 0 Å². The van der Waals surface area contributed by atoms with Gasteiger partial charge in [0.2, 0.25) is 0 Å². The molecule has 4 nitrogen and oxygen atoms in total. The van der Waals surface area contributed by atoms with E-state index in [1.165, 1.54) is 18.2 Å². The van der Waals surface area contributed by atoms with Crippen LogP contribution in [0.25, 0.3) is 0 Å². The molecular formula is C12H16FNO3. The number of halogens is 1. The Balaban J connectivity index is 2.79. The molecule has 0 saturated heterocycles. The summed E-state index contributed by atoms with van der Waals surface area (Å²) in [4.78, 5) is 10.9. The van der Waals surface area contributed by atoms with Gasteiger partial charge in [-0.2, -0.15) is 0 Å². The minimum absolute atomic E-state index is 0.000958. The van der Waals surface area contributed by atoms with E-state index in [1.807, 2.05) is 0 Å². The fourth-order valence-corrected chi connectivity index (χ4v) is 1.17. The Morgan fingerprint density at radius 1 is 1.53 bits per heavy atom. The molecule has 0 saturated carbocycles. The van der Waals surface area contributed by atoms with Gasteiger partial charge in [-0.15, -0.1) is 0 Å². The predicted octanol–water partition coefficient (Wildman–Crippen LogP) is 1.77. The molecule has 0 spiro atoms. The Bertz CT molecular complexity index is 418. The standard InChI is InChI=1S/C12H16FNO3/c1-12(2,11(15)16)7-17-10-4-3-9(13)5-8(10)6-14/h3-5H,6-7,14H2,1-2H3,(H,15,16). The summed E-state index contributed by atoms with van der Waals surface area (Å²) >= 11 is 0. The van der Waals surface area contributed by atoms with Crippen LogP contribution in [0.5, 0.6) is 5.75 Å². The average Bonchev–Trinajstić information content (AvgIpc) is 2.27. The molecule has 1 rings (SSSR count). The third-order valence-corrected chi connectivity index (χ3v) is 2.41. The zero-order valence-corrected chi connectivity index (χ0v) is 9.87. The van der Waals surface area contributed by atoms with E-state index in [2.05, 4.69) is 0 Å². The molecule has 3 N–H and O–H groups in total. The first-order valence-corrected chi connectivity index (χ1v) is 5.21. The number of hydrogen-bond donors (Lipinski definition) is 2. The Morgan fingerprint density at radius 2 is 2.18 bits per heavy atom. The minimum Gasteiger partial charge on any atom is -0.492 e. The molecule has 1 aromatic carbocycles. The summed E-state index contributed by atoms with van der Waals surface area (Å²) in [6, 6.07) is 3.99. The molecule has 0 heterocycles. The number of benzene rings is 1. The van der Waals surface area contributed by atoms with E-state index >= 15 is 0 Å². The van der Waals surface area contributed by atoms with Gasteiger partial charge in [-0.25, -0.2) is 4.39 Å².